The number of benzene rings is 1. The van der Waals surface area contributed by atoms with Gasteiger partial charge in [0.25, 0.3) is 0 Å². The van der Waals surface area contributed by atoms with E-state index in [-0.39, 0.29) is 42.3 Å². The Balaban J connectivity index is 1.81. The van der Waals surface area contributed by atoms with Crippen LogP contribution in [0.1, 0.15) is 64.4 Å². The average molecular weight is 655 g/mol. The molecule has 1 saturated carbocycles. The fraction of sp³-hybridized carbons (Fsp3) is 0.655. The van der Waals surface area contributed by atoms with Crippen LogP contribution in [0.4, 0.5) is 0 Å². The van der Waals surface area contributed by atoms with Crippen LogP contribution in [-0.4, -0.2) is 95.2 Å². The van der Waals surface area contributed by atoms with Crippen LogP contribution in [0.25, 0.3) is 0 Å². The summed E-state index contributed by atoms with van der Waals surface area (Å²) in [5.74, 6) is -2.17. The zero-order valence-electron chi connectivity index (χ0n) is 25.7. The molecule has 3 rings (SSSR count). The highest BCUT2D eigenvalue weighted by Crippen LogP contribution is 2.41. The molecule has 1 saturated heterocycles. The second-order valence-corrected chi connectivity index (χ2v) is 12.9. The molecule has 1 aromatic carbocycles. The average Bonchev–Trinajstić information content (AvgIpc) is 3.35. The third kappa shape index (κ3) is 10.5. The lowest BCUT2D eigenvalue weighted by Gasteiger charge is -2.39. The largest absolute Gasteiger partial charge is 0.508 e. The van der Waals surface area contributed by atoms with Crippen LogP contribution >= 0.6 is 0 Å². The number of nitrogens with zero attached hydrogens (tertiary/aromatic N) is 2. The molecule has 2 aliphatic rings. The number of fused-ring (bicyclic) bond motifs is 1. The molecular weight excluding hydrogens is 608 g/mol. The normalized spacial score (nSPS) is 23.3. The van der Waals surface area contributed by atoms with Gasteiger partial charge in [-0.1, -0.05) is 32.4 Å². The fourth-order valence-corrected chi connectivity index (χ4v) is 6.56. The van der Waals surface area contributed by atoms with E-state index in [1.807, 2.05) is 6.92 Å². The third-order valence-electron chi connectivity index (χ3n) is 8.57. The van der Waals surface area contributed by atoms with Crippen molar-refractivity contribution in [3.63, 3.8) is 0 Å². The van der Waals surface area contributed by atoms with E-state index in [0.29, 0.717) is 57.2 Å². The quantitative estimate of drug-likeness (QED) is 0.0572. The minimum atomic E-state index is -4.74. The number of hydrogen-bond donors (Lipinski definition) is 7. The van der Waals surface area contributed by atoms with E-state index in [1.165, 1.54) is 17.0 Å². The van der Waals surface area contributed by atoms with Crippen molar-refractivity contribution in [3.8, 4) is 5.75 Å². The molecule has 45 heavy (non-hydrogen) atoms. The molecule has 1 aromatic rings. The summed E-state index contributed by atoms with van der Waals surface area (Å²) in [7, 11) is -4.74. The Labute approximate surface area is 263 Å². The number of aliphatic hydroxyl groups is 1. The first-order valence-corrected chi connectivity index (χ1v) is 16.6. The Kier molecular flexibility index (Phi) is 13.0. The zero-order valence-corrected chi connectivity index (χ0v) is 26.5. The Hall–Kier alpha value is -3.47. The topological polar surface area (TPSA) is 247 Å². The lowest BCUT2D eigenvalue weighted by atomic mass is 9.83. The molecule has 1 aliphatic heterocycles. The maximum Gasteiger partial charge on any atom is 0.397 e. The van der Waals surface area contributed by atoms with Gasteiger partial charge in [-0.25, -0.2) is 4.18 Å². The van der Waals surface area contributed by atoms with Gasteiger partial charge in [-0.15, -0.1) is 0 Å². The minimum Gasteiger partial charge on any atom is -0.508 e. The van der Waals surface area contributed by atoms with E-state index in [2.05, 4.69) is 15.6 Å². The Morgan fingerprint density at radius 2 is 1.82 bits per heavy atom. The molecular formula is C29H46N6O9S. The van der Waals surface area contributed by atoms with E-state index < -0.39 is 52.5 Å². The summed E-state index contributed by atoms with van der Waals surface area (Å²) in [4.78, 5) is 46.3. The fourth-order valence-electron chi connectivity index (χ4n) is 6.04. The number of aliphatic hydroxyl groups excluding tert-OH is 1. The van der Waals surface area contributed by atoms with Gasteiger partial charge in [0.2, 0.25) is 17.7 Å². The molecule has 0 spiro atoms. The molecule has 0 aromatic heterocycles. The number of carbonyl (C=O) groups excluding carboxylic acids is 3. The lowest BCUT2D eigenvalue weighted by molar-refractivity contribution is -0.146. The van der Waals surface area contributed by atoms with E-state index in [4.69, 9.17) is 15.7 Å². The Morgan fingerprint density at radius 1 is 1.13 bits per heavy atom. The van der Waals surface area contributed by atoms with E-state index in [0.717, 1.165) is 0 Å². The number of guanidine groups is 1. The van der Waals surface area contributed by atoms with Gasteiger partial charge in [0, 0.05) is 25.6 Å². The van der Waals surface area contributed by atoms with E-state index in [9.17, 15) is 37.6 Å². The first-order chi connectivity index (χ1) is 21.2. The molecule has 1 heterocycles. The minimum absolute atomic E-state index is 0.0196. The number of unbranched alkanes of at least 4 members (excludes halogenated alkanes) is 1. The maximum absolute atomic E-state index is 14.3. The zero-order chi connectivity index (χ0) is 33.3. The number of rotatable bonds is 15. The SMILES string of the molecule is CC[C@@H](C)[C@@H](NC(=O)C(O)Cc1ccc(O)cc1)C(=O)N1C(C(=O)NCCCCN=C(N)N)CC2CCC(OS(=O)(=O)O)CC21. The van der Waals surface area contributed by atoms with Gasteiger partial charge < -0.3 is 37.2 Å². The van der Waals surface area contributed by atoms with Gasteiger partial charge in [0.1, 0.15) is 23.9 Å². The van der Waals surface area contributed by atoms with Crippen molar-refractivity contribution in [1.82, 2.24) is 15.5 Å². The monoisotopic (exact) mass is 654 g/mol. The van der Waals surface area contributed by atoms with Crippen LogP contribution in [0.15, 0.2) is 29.3 Å². The van der Waals surface area contributed by atoms with Gasteiger partial charge in [0.15, 0.2) is 5.96 Å². The number of amides is 3. The second-order valence-electron chi connectivity index (χ2n) is 11.8. The smallest absolute Gasteiger partial charge is 0.397 e. The van der Waals surface area contributed by atoms with E-state index >= 15 is 0 Å². The first-order valence-electron chi connectivity index (χ1n) is 15.3. The summed E-state index contributed by atoms with van der Waals surface area (Å²) < 4.78 is 37.1. The van der Waals surface area contributed by atoms with Crippen LogP contribution in [0, 0.1) is 11.8 Å². The van der Waals surface area contributed by atoms with Gasteiger partial charge in [-0.2, -0.15) is 8.42 Å². The third-order valence-corrected chi connectivity index (χ3v) is 9.08. The summed E-state index contributed by atoms with van der Waals surface area (Å²) in [6.07, 6.45) is 0.462. The van der Waals surface area contributed by atoms with Gasteiger partial charge in [0.05, 0.1) is 6.10 Å². The van der Waals surface area contributed by atoms with Gasteiger partial charge in [-0.3, -0.25) is 23.9 Å². The summed E-state index contributed by atoms with van der Waals surface area (Å²) in [6.45, 7) is 4.34. The highest BCUT2D eigenvalue weighted by atomic mass is 32.3. The van der Waals surface area contributed by atoms with Crippen molar-refractivity contribution >= 4 is 34.1 Å². The Morgan fingerprint density at radius 3 is 2.44 bits per heavy atom. The van der Waals surface area contributed by atoms with Crippen LogP contribution < -0.4 is 22.1 Å². The van der Waals surface area contributed by atoms with Gasteiger partial charge in [-0.05, 0) is 68.1 Å². The molecule has 7 atom stereocenters. The molecule has 15 nitrogen and oxygen atoms in total. The molecule has 1 aliphatic carbocycles. The van der Waals surface area contributed by atoms with Crippen molar-refractivity contribution in [1.29, 1.82) is 0 Å². The second kappa shape index (κ2) is 16.2. The summed E-state index contributed by atoms with van der Waals surface area (Å²) >= 11 is 0. The predicted molar refractivity (Wildman–Crippen MR) is 165 cm³/mol. The number of aliphatic imine (C=N–C) groups is 1. The van der Waals surface area contributed by atoms with Crippen LogP contribution in [-0.2, 0) is 35.4 Å². The number of nitrogens with two attached hydrogens (primary N) is 2. The molecule has 0 radical (unpaired) electrons. The van der Waals surface area contributed by atoms with Crippen molar-refractivity contribution < 1.29 is 41.8 Å². The number of nitrogens with one attached hydrogen (secondary N) is 2. The number of hydrogen-bond acceptors (Lipinski definition) is 9. The number of phenolic OH excluding ortho intramolecular Hbond substituents is 1. The van der Waals surface area contributed by atoms with Crippen LogP contribution in [0.5, 0.6) is 5.75 Å². The number of phenols is 1. The molecule has 3 amide bonds. The molecule has 9 N–H and O–H groups in total. The summed E-state index contributed by atoms with van der Waals surface area (Å²) in [6, 6.07) is 3.47. The van der Waals surface area contributed by atoms with Crippen molar-refractivity contribution in [3.05, 3.63) is 29.8 Å². The lowest BCUT2D eigenvalue weighted by Crippen LogP contribution is -2.59. The predicted octanol–water partition coefficient (Wildman–Crippen LogP) is -0.0461. The summed E-state index contributed by atoms with van der Waals surface area (Å²) in [5.41, 5.74) is 11.3. The molecule has 0 bridgehead atoms. The number of aromatic hydroxyl groups is 1. The number of carbonyl (C=O) groups is 3. The van der Waals surface area contributed by atoms with Crippen molar-refractivity contribution in [2.75, 3.05) is 13.1 Å². The van der Waals surface area contributed by atoms with E-state index in [1.54, 1.807) is 19.1 Å². The van der Waals surface area contributed by atoms with Crippen molar-refractivity contribution in [2.45, 2.75) is 95.5 Å². The molecule has 16 heteroatoms. The summed E-state index contributed by atoms with van der Waals surface area (Å²) in [5, 5.41) is 25.7. The first kappa shape index (κ1) is 36.0. The van der Waals surface area contributed by atoms with Crippen molar-refractivity contribution in [2.24, 2.45) is 28.3 Å². The maximum atomic E-state index is 14.3. The Bertz CT molecular complexity index is 1310. The molecule has 5 unspecified atom stereocenters. The molecule has 2 fully saturated rings. The molecule has 252 valence electrons. The highest BCUT2D eigenvalue weighted by Gasteiger charge is 2.51. The number of likely N-dealkylation sites (tertiary alicyclic amines) is 1. The highest BCUT2D eigenvalue weighted by molar-refractivity contribution is 7.80. The van der Waals surface area contributed by atoms with Crippen LogP contribution in [0.2, 0.25) is 0 Å². The van der Waals surface area contributed by atoms with Gasteiger partial charge >= 0.3 is 10.4 Å². The standard InChI is InChI=1S/C29H46N6O9S/c1-3-17(2)25(34-27(39)24(37)14-18-6-9-20(36)10-7-18)28(40)35-22-16-21(44-45(41,42)43)11-8-19(22)15-23(35)26(38)32-12-4-5-13-33-29(30)31/h6-7,9-10,17,19,21-25,36-37H,3-5,8,11-16H2,1-2H3,(H,32,38)(H,34,39)(H4,30,31,33)(H,41,42,43)/t17-,19?,21?,22?,23?,24?,25-/m1/s1. The van der Waals surface area contributed by atoms with Crippen LogP contribution in [0.3, 0.4) is 0 Å².